The molecular formula is C63H123NO4. The number of aliphatic hydroxyl groups excluding tert-OH is 3. The molecule has 0 aromatic rings. The highest BCUT2D eigenvalue weighted by Gasteiger charge is 2.22. The van der Waals surface area contributed by atoms with Crippen molar-refractivity contribution >= 4 is 5.91 Å². The summed E-state index contributed by atoms with van der Waals surface area (Å²) in [4.78, 5) is 12.6. The fourth-order valence-electron chi connectivity index (χ4n) is 9.95. The minimum Gasteiger partial charge on any atom is -0.394 e. The largest absolute Gasteiger partial charge is 0.394 e. The van der Waals surface area contributed by atoms with Gasteiger partial charge in [0.05, 0.1) is 18.8 Å². The van der Waals surface area contributed by atoms with Crippen molar-refractivity contribution in [2.24, 2.45) is 0 Å². The predicted octanol–water partition coefficient (Wildman–Crippen LogP) is 19.6. The Morgan fingerprint density at radius 3 is 0.853 bits per heavy atom. The quantitative estimate of drug-likeness (QED) is 0.0361. The third-order valence-electron chi connectivity index (χ3n) is 14.8. The second-order valence-electron chi connectivity index (χ2n) is 21.6. The number of rotatable bonds is 58. The van der Waals surface area contributed by atoms with E-state index in [9.17, 15) is 20.1 Å². The van der Waals surface area contributed by atoms with Gasteiger partial charge in [0.2, 0.25) is 5.91 Å². The minimum absolute atomic E-state index is 0.360. The van der Waals surface area contributed by atoms with Crippen LogP contribution >= 0.6 is 0 Å². The van der Waals surface area contributed by atoms with Crippen LogP contribution in [0.2, 0.25) is 0 Å². The number of unbranched alkanes of at least 4 members (excludes halogenated alkanes) is 48. The fraction of sp³-hybridized carbons (Fsp3) is 0.921. The van der Waals surface area contributed by atoms with Gasteiger partial charge < -0.3 is 20.6 Å². The lowest BCUT2D eigenvalue weighted by atomic mass is 10.0. The Bertz CT molecular complexity index is 1010. The monoisotopic (exact) mass is 958 g/mol. The molecule has 0 aliphatic rings. The number of nitrogens with one attached hydrogen (secondary N) is 1. The number of carbonyl (C=O) groups is 1. The number of hydrogen-bond acceptors (Lipinski definition) is 4. The molecule has 0 spiro atoms. The summed E-state index contributed by atoms with van der Waals surface area (Å²) in [5, 5.41) is 33.4. The van der Waals surface area contributed by atoms with Gasteiger partial charge in [0, 0.05) is 0 Å². The van der Waals surface area contributed by atoms with E-state index in [1.54, 1.807) is 6.08 Å². The van der Waals surface area contributed by atoms with E-state index < -0.39 is 24.2 Å². The smallest absolute Gasteiger partial charge is 0.249 e. The van der Waals surface area contributed by atoms with E-state index in [1.165, 1.54) is 295 Å². The van der Waals surface area contributed by atoms with Crippen molar-refractivity contribution in [1.82, 2.24) is 5.32 Å². The highest BCUT2D eigenvalue weighted by molar-refractivity contribution is 5.80. The highest BCUT2D eigenvalue weighted by Crippen LogP contribution is 2.18. The summed E-state index contributed by atoms with van der Waals surface area (Å²) < 4.78 is 0. The molecule has 0 aromatic heterocycles. The Labute approximate surface area is 426 Å². The molecule has 0 saturated heterocycles. The number of aliphatic hydroxyl groups is 3. The van der Waals surface area contributed by atoms with E-state index in [0.717, 1.165) is 32.1 Å². The summed E-state index contributed by atoms with van der Waals surface area (Å²) in [6.07, 6.45) is 75.8. The van der Waals surface area contributed by atoms with Crippen LogP contribution in [0.1, 0.15) is 348 Å². The molecule has 0 aliphatic heterocycles. The van der Waals surface area contributed by atoms with Crippen molar-refractivity contribution in [1.29, 1.82) is 0 Å². The standard InChI is InChI=1S/C63H123NO4/c1-3-5-7-9-11-13-15-17-19-21-22-23-24-25-26-27-28-29-30-31-32-33-34-35-36-37-38-39-40-41-42-44-46-48-50-52-54-56-58-62(67)63(68)64-60(59-65)61(66)57-55-53-51-49-47-45-43-20-18-16-14-12-10-8-6-4-2/h31-32,55,57,60-62,65-67H,3-30,33-54,56,58-59H2,1-2H3,(H,64,68)/b32-31-,57-55+. The third-order valence-corrected chi connectivity index (χ3v) is 14.8. The van der Waals surface area contributed by atoms with Crippen molar-refractivity contribution in [3.05, 3.63) is 24.3 Å². The van der Waals surface area contributed by atoms with E-state index in [1.807, 2.05) is 6.08 Å². The molecule has 1 amide bonds. The van der Waals surface area contributed by atoms with Crippen LogP contribution in [-0.4, -0.2) is 46.1 Å². The Hall–Kier alpha value is -1.17. The average Bonchev–Trinajstić information content (AvgIpc) is 3.34. The Morgan fingerprint density at radius 2 is 0.588 bits per heavy atom. The normalized spacial score (nSPS) is 13.3. The van der Waals surface area contributed by atoms with E-state index in [-0.39, 0.29) is 6.61 Å². The summed E-state index contributed by atoms with van der Waals surface area (Å²) in [7, 11) is 0. The van der Waals surface area contributed by atoms with Crippen LogP contribution in [-0.2, 0) is 4.79 Å². The van der Waals surface area contributed by atoms with E-state index >= 15 is 0 Å². The van der Waals surface area contributed by atoms with Gasteiger partial charge in [-0.15, -0.1) is 0 Å². The van der Waals surface area contributed by atoms with Gasteiger partial charge in [0.1, 0.15) is 6.10 Å². The van der Waals surface area contributed by atoms with Gasteiger partial charge in [0.25, 0.3) is 0 Å². The summed E-state index contributed by atoms with van der Waals surface area (Å²) in [5.41, 5.74) is 0. The molecule has 404 valence electrons. The molecule has 0 bridgehead atoms. The van der Waals surface area contributed by atoms with E-state index in [4.69, 9.17) is 0 Å². The first kappa shape index (κ1) is 66.8. The summed E-state index contributed by atoms with van der Waals surface area (Å²) in [6.45, 7) is 4.22. The second-order valence-corrected chi connectivity index (χ2v) is 21.6. The van der Waals surface area contributed by atoms with Gasteiger partial charge in [-0.2, -0.15) is 0 Å². The van der Waals surface area contributed by atoms with Crippen molar-refractivity contribution in [3.8, 4) is 0 Å². The first-order valence-electron chi connectivity index (χ1n) is 31.2. The van der Waals surface area contributed by atoms with E-state index in [0.29, 0.717) is 6.42 Å². The lowest BCUT2D eigenvalue weighted by Gasteiger charge is -2.21. The van der Waals surface area contributed by atoms with Crippen LogP contribution in [0.25, 0.3) is 0 Å². The van der Waals surface area contributed by atoms with Gasteiger partial charge in [-0.3, -0.25) is 4.79 Å². The number of carbonyl (C=O) groups excluding carboxylic acids is 1. The molecule has 0 saturated carbocycles. The van der Waals surface area contributed by atoms with Crippen molar-refractivity contribution < 1.29 is 20.1 Å². The second kappa shape index (κ2) is 58.4. The average molecular weight is 959 g/mol. The fourth-order valence-corrected chi connectivity index (χ4v) is 9.95. The maximum atomic E-state index is 12.6. The molecule has 3 unspecified atom stereocenters. The van der Waals surface area contributed by atoms with Crippen LogP contribution in [0, 0.1) is 0 Å². The highest BCUT2D eigenvalue weighted by atomic mass is 16.3. The zero-order valence-corrected chi connectivity index (χ0v) is 46.3. The molecule has 0 aromatic carbocycles. The Kier molecular flexibility index (Phi) is 57.4. The maximum Gasteiger partial charge on any atom is 0.249 e. The molecule has 5 nitrogen and oxygen atoms in total. The molecule has 3 atom stereocenters. The lowest BCUT2D eigenvalue weighted by molar-refractivity contribution is -0.131. The van der Waals surface area contributed by atoms with Crippen molar-refractivity contribution in [3.63, 3.8) is 0 Å². The minimum atomic E-state index is -1.10. The number of amides is 1. The van der Waals surface area contributed by atoms with Crippen molar-refractivity contribution in [2.45, 2.75) is 366 Å². The summed E-state index contributed by atoms with van der Waals surface area (Å²) >= 11 is 0. The van der Waals surface area contributed by atoms with Gasteiger partial charge >= 0.3 is 0 Å². The van der Waals surface area contributed by atoms with Crippen LogP contribution in [0.5, 0.6) is 0 Å². The molecule has 4 N–H and O–H groups in total. The molecule has 0 radical (unpaired) electrons. The number of allylic oxidation sites excluding steroid dienone is 3. The van der Waals surface area contributed by atoms with Crippen molar-refractivity contribution in [2.75, 3.05) is 6.61 Å². The molecule has 0 rings (SSSR count). The summed E-state index contributed by atoms with van der Waals surface area (Å²) in [5.74, 6) is -0.498. The molecule has 5 heteroatoms. The predicted molar refractivity (Wildman–Crippen MR) is 301 cm³/mol. The molecular weight excluding hydrogens is 835 g/mol. The van der Waals surface area contributed by atoms with Gasteiger partial charge in [0.15, 0.2) is 0 Å². The molecule has 0 aliphatic carbocycles. The van der Waals surface area contributed by atoms with Crippen LogP contribution in [0.3, 0.4) is 0 Å². The van der Waals surface area contributed by atoms with Crippen LogP contribution in [0.4, 0.5) is 0 Å². The Morgan fingerprint density at radius 1 is 0.353 bits per heavy atom. The molecule has 0 fully saturated rings. The summed E-state index contributed by atoms with van der Waals surface area (Å²) in [6, 6.07) is -0.796. The van der Waals surface area contributed by atoms with Gasteiger partial charge in [-0.05, 0) is 44.9 Å². The SMILES string of the molecule is CCCCCCCCCCCCCCCC/C=C/C(O)C(CO)NC(=O)C(O)CCCCCCCCCCCCCCCCCC/C=C\CCCCCCCCCCCCCCCCCCCC. The zero-order valence-electron chi connectivity index (χ0n) is 46.3. The van der Waals surface area contributed by atoms with Crippen LogP contribution in [0.15, 0.2) is 24.3 Å². The lowest BCUT2D eigenvalue weighted by Crippen LogP contribution is -2.48. The Balaban J connectivity index is 3.46. The first-order chi connectivity index (χ1) is 33.6. The van der Waals surface area contributed by atoms with E-state index in [2.05, 4.69) is 31.3 Å². The first-order valence-corrected chi connectivity index (χ1v) is 31.2. The topological polar surface area (TPSA) is 89.8 Å². The molecule has 68 heavy (non-hydrogen) atoms. The third kappa shape index (κ3) is 52.6. The van der Waals surface area contributed by atoms with Gasteiger partial charge in [-0.25, -0.2) is 0 Å². The van der Waals surface area contributed by atoms with Crippen LogP contribution < -0.4 is 5.32 Å². The molecule has 0 heterocycles. The maximum absolute atomic E-state index is 12.6. The zero-order chi connectivity index (χ0) is 49.3. The number of hydrogen-bond donors (Lipinski definition) is 4. The van der Waals surface area contributed by atoms with Gasteiger partial charge in [-0.1, -0.05) is 327 Å².